The SMILES string of the molecule is CC(=O)N[C@@H]1[C@@H](N)CC(C(=O)O)=C[C@H]1NCCCc1ccccc1. The molecule has 24 heavy (non-hydrogen) atoms. The van der Waals surface area contributed by atoms with Crippen molar-refractivity contribution < 1.29 is 14.7 Å². The van der Waals surface area contributed by atoms with E-state index in [1.165, 1.54) is 12.5 Å². The number of aryl methyl sites for hydroxylation is 1. The zero-order chi connectivity index (χ0) is 17.5. The number of hydrogen-bond acceptors (Lipinski definition) is 4. The summed E-state index contributed by atoms with van der Waals surface area (Å²) in [5.74, 6) is -1.12. The predicted molar refractivity (Wildman–Crippen MR) is 92.5 cm³/mol. The lowest BCUT2D eigenvalue weighted by Crippen LogP contribution is -2.60. The van der Waals surface area contributed by atoms with Gasteiger partial charge in [0.25, 0.3) is 0 Å². The van der Waals surface area contributed by atoms with E-state index in [1.807, 2.05) is 18.2 Å². The summed E-state index contributed by atoms with van der Waals surface area (Å²) in [6.45, 7) is 2.15. The summed E-state index contributed by atoms with van der Waals surface area (Å²) in [6.07, 6.45) is 3.78. The van der Waals surface area contributed by atoms with E-state index in [0.29, 0.717) is 12.1 Å². The zero-order valence-corrected chi connectivity index (χ0v) is 13.9. The number of nitrogens with two attached hydrogens (primary N) is 1. The number of carboxylic acids is 1. The van der Waals surface area contributed by atoms with Crippen LogP contribution in [-0.2, 0) is 16.0 Å². The van der Waals surface area contributed by atoms with Crippen LogP contribution in [0, 0.1) is 0 Å². The molecule has 1 amide bonds. The fourth-order valence-electron chi connectivity index (χ4n) is 3.02. The van der Waals surface area contributed by atoms with Gasteiger partial charge in [-0.15, -0.1) is 0 Å². The fourth-order valence-corrected chi connectivity index (χ4v) is 3.02. The average Bonchev–Trinajstić information content (AvgIpc) is 2.54. The number of amides is 1. The third kappa shape index (κ3) is 5.18. The lowest BCUT2D eigenvalue weighted by Gasteiger charge is -2.35. The van der Waals surface area contributed by atoms with E-state index in [4.69, 9.17) is 5.73 Å². The summed E-state index contributed by atoms with van der Waals surface area (Å²) >= 11 is 0. The van der Waals surface area contributed by atoms with Gasteiger partial charge in [-0.05, 0) is 31.4 Å². The molecule has 6 heteroatoms. The Morgan fingerprint density at radius 2 is 2.00 bits per heavy atom. The molecule has 0 spiro atoms. The molecule has 130 valence electrons. The van der Waals surface area contributed by atoms with E-state index in [-0.39, 0.29) is 24.4 Å². The molecule has 5 N–H and O–H groups in total. The summed E-state index contributed by atoms with van der Waals surface area (Å²) in [4.78, 5) is 22.7. The molecule has 0 bridgehead atoms. The molecule has 0 heterocycles. The second kappa shape index (κ2) is 8.61. The van der Waals surface area contributed by atoms with E-state index >= 15 is 0 Å². The molecule has 0 aromatic heterocycles. The molecule has 2 rings (SSSR count). The first-order valence-electron chi connectivity index (χ1n) is 8.21. The van der Waals surface area contributed by atoms with Crippen LogP contribution in [0.4, 0.5) is 0 Å². The molecule has 0 saturated heterocycles. The van der Waals surface area contributed by atoms with Crippen LogP contribution in [-0.4, -0.2) is 41.7 Å². The second-order valence-electron chi connectivity index (χ2n) is 6.16. The van der Waals surface area contributed by atoms with E-state index in [9.17, 15) is 14.7 Å². The van der Waals surface area contributed by atoms with Crippen LogP contribution in [0.5, 0.6) is 0 Å². The molecule has 0 radical (unpaired) electrons. The normalized spacial score (nSPS) is 23.4. The molecule has 1 aromatic carbocycles. The lowest BCUT2D eigenvalue weighted by atomic mass is 9.86. The molecule has 3 atom stereocenters. The van der Waals surface area contributed by atoms with Gasteiger partial charge >= 0.3 is 5.97 Å². The van der Waals surface area contributed by atoms with Gasteiger partial charge in [0.15, 0.2) is 0 Å². The number of carbonyl (C=O) groups excluding carboxylic acids is 1. The maximum Gasteiger partial charge on any atom is 0.331 e. The maximum atomic E-state index is 11.4. The third-order valence-corrected chi connectivity index (χ3v) is 4.19. The van der Waals surface area contributed by atoms with Crippen molar-refractivity contribution in [2.45, 2.75) is 44.3 Å². The summed E-state index contributed by atoms with van der Waals surface area (Å²) in [5.41, 5.74) is 7.64. The maximum absolute atomic E-state index is 11.4. The van der Waals surface area contributed by atoms with E-state index in [2.05, 4.69) is 22.8 Å². The van der Waals surface area contributed by atoms with Crippen molar-refractivity contribution >= 4 is 11.9 Å². The van der Waals surface area contributed by atoms with Gasteiger partial charge < -0.3 is 21.5 Å². The first-order chi connectivity index (χ1) is 11.5. The van der Waals surface area contributed by atoms with Crippen LogP contribution in [0.25, 0.3) is 0 Å². The molecule has 0 fully saturated rings. The van der Waals surface area contributed by atoms with Gasteiger partial charge in [-0.1, -0.05) is 36.4 Å². The number of aliphatic carboxylic acids is 1. The van der Waals surface area contributed by atoms with E-state index in [0.717, 1.165) is 12.8 Å². The largest absolute Gasteiger partial charge is 0.478 e. The average molecular weight is 331 g/mol. The highest BCUT2D eigenvalue weighted by atomic mass is 16.4. The van der Waals surface area contributed by atoms with Crippen molar-refractivity contribution in [2.75, 3.05) is 6.54 Å². The Labute approximate surface area is 142 Å². The quantitative estimate of drug-likeness (QED) is 0.554. The van der Waals surface area contributed by atoms with Gasteiger partial charge in [0, 0.05) is 24.6 Å². The minimum Gasteiger partial charge on any atom is -0.478 e. The number of carbonyl (C=O) groups is 2. The summed E-state index contributed by atoms with van der Waals surface area (Å²) < 4.78 is 0. The topological polar surface area (TPSA) is 104 Å². The van der Waals surface area contributed by atoms with Gasteiger partial charge in [-0.25, -0.2) is 4.79 Å². The van der Waals surface area contributed by atoms with Crippen molar-refractivity contribution in [3.63, 3.8) is 0 Å². The molecule has 6 nitrogen and oxygen atoms in total. The Balaban J connectivity index is 1.95. The van der Waals surface area contributed by atoms with Crippen LogP contribution in [0.3, 0.4) is 0 Å². The lowest BCUT2D eigenvalue weighted by molar-refractivity contribution is -0.133. The third-order valence-electron chi connectivity index (χ3n) is 4.19. The fraction of sp³-hybridized carbons (Fsp3) is 0.444. The van der Waals surface area contributed by atoms with Crippen LogP contribution >= 0.6 is 0 Å². The molecule has 1 aromatic rings. The van der Waals surface area contributed by atoms with Gasteiger partial charge in [0.2, 0.25) is 5.91 Å². The van der Waals surface area contributed by atoms with Gasteiger partial charge in [0.05, 0.1) is 6.04 Å². The Morgan fingerprint density at radius 3 is 2.62 bits per heavy atom. The van der Waals surface area contributed by atoms with Crippen molar-refractivity contribution in [1.82, 2.24) is 10.6 Å². The monoisotopic (exact) mass is 331 g/mol. The molecule has 0 saturated carbocycles. The second-order valence-corrected chi connectivity index (χ2v) is 6.16. The Hall–Kier alpha value is -2.18. The molecule has 0 unspecified atom stereocenters. The van der Waals surface area contributed by atoms with Crippen LogP contribution in [0.1, 0.15) is 25.3 Å². The van der Waals surface area contributed by atoms with Crippen molar-refractivity contribution in [3.05, 3.63) is 47.5 Å². The van der Waals surface area contributed by atoms with E-state index in [1.54, 1.807) is 6.08 Å². The predicted octanol–water partition coefficient (Wildman–Crippen LogP) is 0.824. The summed E-state index contributed by atoms with van der Waals surface area (Å²) in [5, 5.41) is 15.4. The Kier molecular flexibility index (Phi) is 6.52. The highest BCUT2D eigenvalue weighted by Crippen LogP contribution is 2.19. The van der Waals surface area contributed by atoms with Crippen molar-refractivity contribution in [3.8, 4) is 0 Å². The first kappa shape index (κ1) is 18.2. The molecule has 1 aliphatic rings. The number of nitrogens with one attached hydrogen (secondary N) is 2. The Morgan fingerprint density at radius 1 is 1.29 bits per heavy atom. The number of rotatable bonds is 7. The van der Waals surface area contributed by atoms with Crippen molar-refractivity contribution in [2.24, 2.45) is 5.73 Å². The number of hydrogen-bond donors (Lipinski definition) is 4. The number of carboxylic acid groups (broad SMARTS) is 1. The summed E-state index contributed by atoms with van der Waals surface area (Å²) in [7, 11) is 0. The van der Waals surface area contributed by atoms with E-state index < -0.39 is 12.0 Å². The van der Waals surface area contributed by atoms with Gasteiger partial charge in [-0.2, -0.15) is 0 Å². The minimum absolute atomic E-state index is 0.168. The van der Waals surface area contributed by atoms with Gasteiger partial charge in [-0.3, -0.25) is 4.79 Å². The van der Waals surface area contributed by atoms with Crippen LogP contribution < -0.4 is 16.4 Å². The molecule has 1 aliphatic carbocycles. The molecule has 0 aliphatic heterocycles. The van der Waals surface area contributed by atoms with Crippen LogP contribution in [0.2, 0.25) is 0 Å². The molecular formula is C18H25N3O3. The smallest absolute Gasteiger partial charge is 0.331 e. The molecular weight excluding hydrogens is 306 g/mol. The highest BCUT2D eigenvalue weighted by Gasteiger charge is 2.33. The van der Waals surface area contributed by atoms with Crippen molar-refractivity contribution in [1.29, 1.82) is 0 Å². The Bertz CT molecular complexity index is 601. The standard InChI is InChI=1S/C18H25N3O3/c1-12(22)21-17-15(19)10-14(18(23)24)11-16(17)20-9-5-8-13-6-3-2-4-7-13/h2-4,6-7,11,15-17,20H,5,8-10,19H2,1H3,(H,21,22)(H,23,24)/t15-,16+,17+/m0/s1. The number of benzene rings is 1. The minimum atomic E-state index is -0.956. The zero-order valence-electron chi connectivity index (χ0n) is 13.9. The first-order valence-corrected chi connectivity index (χ1v) is 8.21. The highest BCUT2D eigenvalue weighted by molar-refractivity contribution is 5.87. The summed E-state index contributed by atoms with van der Waals surface area (Å²) in [6, 6.07) is 9.17. The van der Waals surface area contributed by atoms with Crippen LogP contribution in [0.15, 0.2) is 42.0 Å². The van der Waals surface area contributed by atoms with Gasteiger partial charge in [0.1, 0.15) is 0 Å².